The van der Waals surface area contributed by atoms with Gasteiger partial charge in [-0.2, -0.15) is 0 Å². The summed E-state index contributed by atoms with van der Waals surface area (Å²) in [6, 6.07) is 5.98. The molecule has 0 aliphatic heterocycles. The van der Waals surface area contributed by atoms with Gasteiger partial charge < -0.3 is 10.1 Å². The number of hydrogen-bond acceptors (Lipinski definition) is 1. The average molecular weight is 189 g/mol. The van der Waals surface area contributed by atoms with Crippen LogP contribution in [0.4, 0.5) is 0 Å². The summed E-state index contributed by atoms with van der Waals surface area (Å²) in [5.41, 5.74) is 2.98. The molecule has 1 aromatic carbocycles. The van der Waals surface area contributed by atoms with Gasteiger partial charge in [0.15, 0.2) is 0 Å². The van der Waals surface area contributed by atoms with Gasteiger partial charge in [-0.15, -0.1) is 0 Å². The van der Waals surface area contributed by atoms with E-state index in [9.17, 15) is 4.79 Å². The van der Waals surface area contributed by atoms with E-state index < -0.39 is 5.97 Å². The summed E-state index contributed by atoms with van der Waals surface area (Å²) in [6.07, 6.45) is 1.83. The summed E-state index contributed by atoms with van der Waals surface area (Å²) in [4.78, 5) is 13.6. The molecular weight excluding hydrogens is 178 g/mol. The van der Waals surface area contributed by atoms with Gasteiger partial charge in [0, 0.05) is 17.1 Å². The number of aliphatic carboxylic acids is 1. The van der Waals surface area contributed by atoms with E-state index in [4.69, 9.17) is 5.11 Å². The molecule has 1 aromatic heterocycles. The van der Waals surface area contributed by atoms with Crippen LogP contribution in [0.25, 0.3) is 10.9 Å². The zero-order valence-corrected chi connectivity index (χ0v) is 7.87. The van der Waals surface area contributed by atoms with Gasteiger partial charge in [-0.25, -0.2) is 0 Å². The Hall–Kier alpha value is -1.77. The first-order valence-corrected chi connectivity index (χ1v) is 4.45. The number of nitrogens with one attached hydrogen (secondary N) is 1. The van der Waals surface area contributed by atoms with Crippen molar-refractivity contribution in [3.63, 3.8) is 0 Å². The Morgan fingerprint density at radius 2 is 2.29 bits per heavy atom. The van der Waals surface area contributed by atoms with Gasteiger partial charge in [-0.05, 0) is 24.6 Å². The molecule has 0 saturated carbocycles. The van der Waals surface area contributed by atoms with E-state index in [-0.39, 0.29) is 6.42 Å². The van der Waals surface area contributed by atoms with Crippen molar-refractivity contribution in [2.24, 2.45) is 0 Å². The maximum atomic E-state index is 10.6. The lowest BCUT2D eigenvalue weighted by molar-refractivity contribution is -0.136. The van der Waals surface area contributed by atoms with Crippen molar-refractivity contribution < 1.29 is 9.90 Å². The minimum atomic E-state index is -0.799. The molecule has 0 aliphatic rings. The van der Waals surface area contributed by atoms with Gasteiger partial charge in [0.2, 0.25) is 0 Å². The molecule has 0 atom stereocenters. The van der Waals surface area contributed by atoms with Crippen molar-refractivity contribution in [3.8, 4) is 0 Å². The van der Waals surface area contributed by atoms with Crippen molar-refractivity contribution in [3.05, 3.63) is 35.5 Å². The Morgan fingerprint density at radius 3 is 3.00 bits per heavy atom. The highest BCUT2D eigenvalue weighted by molar-refractivity contribution is 5.87. The Balaban J connectivity index is 2.55. The molecule has 14 heavy (non-hydrogen) atoms. The third-order valence-electron chi connectivity index (χ3n) is 2.26. The van der Waals surface area contributed by atoms with E-state index in [1.807, 2.05) is 25.1 Å². The van der Waals surface area contributed by atoms with E-state index in [2.05, 4.69) is 4.98 Å². The molecule has 2 N–H and O–H groups in total. The third kappa shape index (κ3) is 1.48. The van der Waals surface area contributed by atoms with Gasteiger partial charge in [0.25, 0.3) is 0 Å². The van der Waals surface area contributed by atoms with Crippen LogP contribution < -0.4 is 0 Å². The fourth-order valence-electron chi connectivity index (χ4n) is 1.60. The fraction of sp³-hybridized carbons (Fsp3) is 0.182. The molecule has 0 saturated heterocycles. The maximum absolute atomic E-state index is 10.6. The van der Waals surface area contributed by atoms with Crippen LogP contribution in [-0.2, 0) is 11.2 Å². The number of aromatic amines is 1. The summed E-state index contributed by atoms with van der Waals surface area (Å²) in [6.45, 7) is 2.00. The van der Waals surface area contributed by atoms with Crippen LogP contribution in [0.5, 0.6) is 0 Å². The van der Waals surface area contributed by atoms with E-state index in [0.29, 0.717) is 0 Å². The highest BCUT2D eigenvalue weighted by Crippen LogP contribution is 2.19. The quantitative estimate of drug-likeness (QED) is 0.760. The molecule has 0 amide bonds. The number of benzene rings is 1. The second-order valence-electron chi connectivity index (χ2n) is 3.43. The Labute approximate surface area is 81.4 Å². The topological polar surface area (TPSA) is 53.1 Å². The van der Waals surface area contributed by atoms with E-state index in [0.717, 1.165) is 22.0 Å². The smallest absolute Gasteiger partial charge is 0.307 e. The zero-order chi connectivity index (χ0) is 10.1. The van der Waals surface area contributed by atoms with Gasteiger partial charge in [0.05, 0.1) is 6.42 Å². The van der Waals surface area contributed by atoms with Crippen LogP contribution in [0, 0.1) is 6.92 Å². The van der Waals surface area contributed by atoms with Crippen LogP contribution >= 0.6 is 0 Å². The van der Waals surface area contributed by atoms with Gasteiger partial charge in [-0.1, -0.05) is 11.6 Å². The van der Waals surface area contributed by atoms with Crippen molar-refractivity contribution >= 4 is 16.9 Å². The Bertz CT molecular complexity index is 485. The third-order valence-corrected chi connectivity index (χ3v) is 2.26. The lowest BCUT2D eigenvalue weighted by Gasteiger charge is -1.96. The number of aryl methyl sites for hydroxylation is 1. The van der Waals surface area contributed by atoms with Crippen molar-refractivity contribution in [1.82, 2.24) is 4.98 Å². The summed E-state index contributed by atoms with van der Waals surface area (Å²) >= 11 is 0. The second-order valence-corrected chi connectivity index (χ2v) is 3.43. The molecular formula is C11H11NO2. The molecule has 0 aliphatic carbocycles. The number of carboxylic acid groups (broad SMARTS) is 1. The second kappa shape index (κ2) is 3.18. The summed E-state index contributed by atoms with van der Waals surface area (Å²) in [7, 11) is 0. The fourth-order valence-corrected chi connectivity index (χ4v) is 1.60. The Morgan fingerprint density at radius 1 is 1.50 bits per heavy atom. The largest absolute Gasteiger partial charge is 0.481 e. The predicted molar refractivity (Wildman–Crippen MR) is 54.4 cm³/mol. The molecule has 3 nitrogen and oxygen atoms in total. The minimum absolute atomic E-state index is 0.0729. The number of aromatic nitrogens is 1. The molecule has 0 fully saturated rings. The Kier molecular flexibility index (Phi) is 2.00. The van der Waals surface area contributed by atoms with E-state index in [1.54, 1.807) is 6.20 Å². The van der Waals surface area contributed by atoms with Gasteiger partial charge in [-0.3, -0.25) is 4.79 Å². The predicted octanol–water partition coefficient (Wildman–Crippen LogP) is 2.10. The zero-order valence-electron chi connectivity index (χ0n) is 7.87. The number of carboxylic acids is 1. The number of fused-ring (bicyclic) bond motifs is 1. The lowest BCUT2D eigenvalue weighted by Crippen LogP contribution is -1.98. The average Bonchev–Trinajstić information content (AvgIpc) is 2.47. The van der Waals surface area contributed by atoms with E-state index in [1.165, 1.54) is 0 Å². The molecule has 72 valence electrons. The number of rotatable bonds is 2. The lowest BCUT2D eigenvalue weighted by atomic mass is 10.1. The van der Waals surface area contributed by atoms with Crippen LogP contribution in [0.3, 0.4) is 0 Å². The first kappa shape index (κ1) is 8.81. The van der Waals surface area contributed by atoms with Crippen molar-refractivity contribution in [2.45, 2.75) is 13.3 Å². The van der Waals surface area contributed by atoms with Gasteiger partial charge >= 0.3 is 5.97 Å². The molecule has 1 heterocycles. The monoisotopic (exact) mass is 189 g/mol. The summed E-state index contributed by atoms with van der Waals surface area (Å²) < 4.78 is 0. The van der Waals surface area contributed by atoms with Crippen LogP contribution in [0.15, 0.2) is 24.4 Å². The van der Waals surface area contributed by atoms with E-state index >= 15 is 0 Å². The SMILES string of the molecule is Cc1ccc2[nH]cc(CC(=O)O)c2c1. The van der Waals surface area contributed by atoms with Crippen molar-refractivity contribution in [2.75, 3.05) is 0 Å². The molecule has 2 rings (SSSR count). The molecule has 0 spiro atoms. The molecule has 0 unspecified atom stereocenters. The first-order valence-electron chi connectivity index (χ1n) is 4.45. The molecule has 2 aromatic rings. The van der Waals surface area contributed by atoms with Crippen LogP contribution in [-0.4, -0.2) is 16.1 Å². The van der Waals surface area contributed by atoms with Crippen LogP contribution in [0.2, 0.25) is 0 Å². The standard InChI is InChI=1S/C11H11NO2/c1-7-2-3-10-9(4-7)8(6-12-10)5-11(13)14/h2-4,6,12H,5H2,1H3,(H,13,14). The highest BCUT2D eigenvalue weighted by atomic mass is 16.4. The molecule has 0 radical (unpaired) electrons. The minimum Gasteiger partial charge on any atom is -0.481 e. The molecule has 0 bridgehead atoms. The highest BCUT2D eigenvalue weighted by Gasteiger charge is 2.06. The van der Waals surface area contributed by atoms with Crippen molar-refractivity contribution in [1.29, 1.82) is 0 Å². The number of carbonyl (C=O) groups is 1. The van der Waals surface area contributed by atoms with Gasteiger partial charge in [0.1, 0.15) is 0 Å². The first-order chi connectivity index (χ1) is 6.66. The number of hydrogen-bond donors (Lipinski definition) is 2. The molecule has 3 heteroatoms. The number of H-pyrrole nitrogens is 1. The maximum Gasteiger partial charge on any atom is 0.307 e. The van der Waals surface area contributed by atoms with Crippen LogP contribution in [0.1, 0.15) is 11.1 Å². The summed E-state index contributed by atoms with van der Waals surface area (Å²) in [5.74, 6) is -0.799. The normalized spacial score (nSPS) is 10.6. The summed E-state index contributed by atoms with van der Waals surface area (Å²) in [5, 5.41) is 9.71.